The van der Waals surface area contributed by atoms with Gasteiger partial charge in [0, 0.05) is 23.8 Å². The van der Waals surface area contributed by atoms with E-state index in [-0.39, 0.29) is 0 Å². The second-order valence-corrected chi connectivity index (χ2v) is 5.82. The summed E-state index contributed by atoms with van der Waals surface area (Å²) in [4.78, 5) is 6.24. The second-order valence-electron chi connectivity index (χ2n) is 4.91. The lowest BCUT2D eigenvalue weighted by Crippen LogP contribution is -2.43. The van der Waals surface area contributed by atoms with Crippen LogP contribution in [0.25, 0.3) is 0 Å². The van der Waals surface area contributed by atoms with E-state index in [0.717, 1.165) is 15.9 Å². The minimum absolute atomic E-state index is 0.473. The third-order valence-electron chi connectivity index (χ3n) is 2.34. The van der Waals surface area contributed by atoms with E-state index in [0.29, 0.717) is 13.1 Å². The lowest BCUT2D eigenvalue weighted by atomic mass is 10.1. The van der Waals surface area contributed by atoms with Crippen LogP contribution in [0.1, 0.15) is 12.5 Å². The molecule has 2 N–H and O–H groups in total. The van der Waals surface area contributed by atoms with Gasteiger partial charge in [0.25, 0.3) is 0 Å². The van der Waals surface area contributed by atoms with Crippen molar-refractivity contribution in [1.82, 2.24) is 9.88 Å². The maximum absolute atomic E-state index is 10.2. The fourth-order valence-corrected chi connectivity index (χ4v) is 2.18. The Bertz CT molecular complexity index is 380. The summed E-state index contributed by atoms with van der Waals surface area (Å²) in [6, 6.07) is 2.00. The van der Waals surface area contributed by atoms with Crippen LogP contribution in [0, 0.1) is 6.92 Å². The number of aryl methyl sites for hydroxylation is 1. The van der Waals surface area contributed by atoms with Gasteiger partial charge in [-0.25, -0.2) is 4.98 Å². The van der Waals surface area contributed by atoms with Crippen molar-refractivity contribution in [2.75, 3.05) is 32.5 Å². The van der Waals surface area contributed by atoms with Gasteiger partial charge in [-0.05, 0) is 55.5 Å². The van der Waals surface area contributed by atoms with Gasteiger partial charge in [0.15, 0.2) is 0 Å². The van der Waals surface area contributed by atoms with Crippen LogP contribution in [0.4, 0.5) is 5.82 Å². The summed E-state index contributed by atoms with van der Waals surface area (Å²) in [6.07, 6.45) is 1.75. The quantitative estimate of drug-likeness (QED) is 0.872. The van der Waals surface area contributed by atoms with Crippen LogP contribution in [-0.2, 0) is 0 Å². The summed E-state index contributed by atoms with van der Waals surface area (Å²) < 4.78 is 0.959. The molecule has 0 aromatic carbocycles. The number of likely N-dealkylation sites (N-methyl/N-ethyl adjacent to an activating group) is 1. The average molecular weight is 302 g/mol. The number of nitrogens with zero attached hydrogens (tertiary/aromatic N) is 2. The zero-order valence-electron chi connectivity index (χ0n) is 10.8. The molecule has 1 heterocycles. The Morgan fingerprint density at radius 3 is 2.71 bits per heavy atom. The van der Waals surface area contributed by atoms with E-state index >= 15 is 0 Å². The Morgan fingerprint density at radius 2 is 2.18 bits per heavy atom. The summed E-state index contributed by atoms with van der Waals surface area (Å²) >= 11 is 3.37. The van der Waals surface area contributed by atoms with E-state index in [1.807, 2.05) is 38.9 Å². The van der Waals surface area contributed by atoms with Gasteiger partial charge in [-0.2, -0.15) is 0 Å². The number of hydrogen-bond acceptors (Lipinski definition) is 4. The van der Waals surface area contributed by atoms with Gasteiger partial charge in [0.2, 0.25) is 0 Å². The van der Waals surface area contributed by atoms with E-state index < -0.39 is 5.60 Å². The zero-order chi connectivity index (χ0) is 13.1. The Balaban J connectivity index is 2.61. The molecule has 0 aliphatic carbocycles. The first-order valence-corrected chi connectivity index (χ1v) is 6.32. The molecule has 1 atom stereocenters. The van der Waals surface area contributed by atoms with Crippen LogP contribution in [0.2, 0.25) is 0 Å². The molecule has 0 saturated heterocycles. The van der Waals surface area contributed by atoms with Crippen molar-refractivity contribution in [3.8, 4) is 0 Å². The number of halogens is 1. The molecule has 0 aliphatic rings. The van der Waals surface area contributed by atoms with Gasteiger partial charge in [0.05, 0.1) is 5.60 Å². The minimum Gasteiger partial charge on any atom is -0.387 e. The lowest BCUT2D eigenvalue weighted by molar-refractivity contribution is 0.0459. The fourth-order valence-electron chi connectivity index (χ4n) is 1.74. The Labute approximate surface area is 111 Å². The number of pyridine rings is 1. The maximum atomic E-state index is 10.2. The molecule has 1 aromatic heterocycles. The van der Waals surface area contributed by atoms with Gasteiger partial charge in [-0.1, -0.05) is 0 Å². The smallest absolute Gasteiger partial charge is 0.129 e. The number of aromatic nitrogens is 1. The SMILES string of the molecule is Cc1cc(Br)cnc1NCC(C)(O)CN(C)C. The predicted molar refractivity (Wildman–Crippen MR) is 74.3 cm³/mol. The van der Waals surface area contributed by atoms with Crippen LogP contribution in [0.5, 0.6) is 0 Å². The Morgan fingerprint density at radius 1 is 1.53 bits per heavy atom. The number of anilines is 1. The molecule has 0 bridgehead atoms. The molecule has 0 saturated carbocycles. The third kappa shape index (κ3) is 5.02. The van der Waals surface area contributed by atoms with Crippen molar-refractivity contribution in [3.05, 3.63) is 22.3 Å². The maximum Gasteiger partial charge on any atom is 0.129 e. The predicted octanol–water partition coefficient (Wildman–Crippen LogP) is 1.88. The van der Waals surface area contributed by atoms with Crippen LogP contribution in [0.15, 0.2) is 16.7 Å². The normalized spacial score (nSPS) is 14.8. The minimum atomic E-state index is -0.773. The van der Waals surface area contributed by atoms with Crippen LogP contribution in [0.3, 0.4) is 0 Å². The highest BCUT2D eigenvalue weighted by Gasteiger charge is 2.21. The number of aliphatic hydroxyl groups is 1. The summed E-state index contributed by atoms with van der Waals surface area (Å²) in [7, 11) is 3.88. The highest BCUT2D eigenvalue weighted by atomic mass is 79.9. The number of rotatable bonds is 5. The van der Waals surface area contributed by atoms with E-state index in [1.54, 1.807) is 6.20 Å². The van der Waals surface area contributed by atoms with Crippen molar-refractivity contribution in [3.63, 3.8) is 0 Å². The molecule has 0 fully saturated rings. The highest BCUT2D eigenvalue weighted by molar-refractivity contribution is 9.10. The molecule has 96 valence electrons. The second kappa shape index (κ2) is 5.80. The molecular formula is C12H20BrN3O. The summed E-state index contributed by atoms with van der Waals surface area (Å²) in [5.74, 6) is 0.812. The van der Waals surface area contributed by atoms with Crippen molar-refractivity contribution in [2.24, 2.45) is 0 Å². The molecule has 1 rings (SSSR count). The Hall–Kier alpha value is -0.650. The van der Waals surface area contributed by atoms with Gasteiger partial charge >= 0.3 is 0 Å². The summed E-state index contributed by atoms with van der Waals surface area (Å²) in [5.41, 5.74) is 0.282. The Kier molecular flexibility index (Phi) is 4.91. The summed E-state index contributed by atoms with van der Waals surface area (Å²) in [5, 5.41) is 13.3. The molecule has 1 aromatic rings. The van der Waals surface area contributed by atoms with Gasteiger partial charge in [0.1, 0.15) is 5.82 Å². The van der Waals surface area contributed by atoms with Crippen LogP contribution < -0.4 is 5.32 Å². The van der Waals surface area contributed by atoms with Crippen molar-refractivity contribution >= 4 is 21.7 Å². The zero-order valence-corrected chi connectivity index (χ0v) is 12.4. The molecule has 0 aliphatic heterocycles. The van der Waals surface area contributed by atoms with Crippen molar-refractivity contribution in [1.29, 1.82) is 0 Å². The number of hydrogen-bond donors (Lipinski definition) is 2. The highest BCUT2D eigenvalue weighted by Crippen LogP contribution is 2.17. The molecule has 0 radical (unpaired) electrons. The number of nitrogens with one attached hydrogen (secondary N) is 1. The molecule has 4 nitrogen and oxygen atoms in total. The van der Waals surface area contributed by atoms with Crippen LogP contribution >= 0.6 is 15.9 Å². The topological polar surface area (TPSA) is 48.4 Å². The molecule has 1 unspecified atom stereocenters. The third-order valence-corrected chi connectivity index (χ3v) is 2.77. The van der Waals surface area contributed by atoms with E-state index in [9.17, 15) is 5.11 Å². The van der Waals surface area contributed by atoms with Gasteiger partial charge in [-0.15, -0.1) is 0 Å². The molecule has 17 heavy (non-hydrogen) atoms. The van der Waals surface area contributed by atoms with E-state index in [1.165, 1.54) is 0 Å². The van der Waals surface area contributed by atoms with Crippen molar-refractivity contribution in [2.45, 2.75) is 19.4 Å². The molecular weight excluding hydrogens is 282 g/mol. The average Bonchev–Trinajstić information content (AvgIpc) is 2.14. The molecule has 0 amide bonds. The first-order valence-electron chi connectivity index (χ1n) is 5.53. The first kappa shape index (κ1) is 14.4. The van der Waals surface area contributed by atoms with Gasteiger partial charge < -0.3 is 15.3 Å². The van der Waals surface area contributed by atoms with Gasteiger partial charge in [-0.3, -0.25) is 0 Å². The first-order chi connectivity index (χ1) is 7.80. The molecule has 5 heteroatoms. The van der Waals surface area contributed by atoms with Crippen molar-refractivity contribution < 1.29 is 5.11 Å². The summed E-state index contributed by atoms with van der Waals surface area (Å²) in [6.45, 7) is 4.88. The van der Waals surface area contributed by atoms with E-state index in [4.69, 9.17) is 0 Å². The fraction of sp³-hybridized carbons (Fsp3) is 0.583. The monoisotopic (exact) mass is 301 g/mol. The lowest BCUT2D eigenvalue weighted by Gasteiger charge is -2.27. The largest absolute Gasteiger partial charge is 0.387 e. The van der Waals surface area contributed by atoms with E-state index in [2.05, 4.69) is 26.2 Å². The molecule has 0 spiro atoms. The standard InChI is InChI=1S/C12H20BrN3O/c1-9-5-10(13)6-14-11(9)15-7-12(2,17)8-16(3)4/h5-6,17H,7-8H2,1-4H3,(H,14,15). The van der Waals surface area contributed by atoms with Crippen LogP contribution in [-0.4, -0.2) is 47.8 Å².